The first-order chi connectivity index (χ1) is 10.2. The van der Waals surface area contributed by atoms with Crippen LogP contribution in [0, 0.1) is 0 Å². The molecule has 2 heterocycles. The van der Waals surface area contributed by atoms with Crippen LogP contribution in [0.3, 0.4) is 0 Å². The lowest BCUT2D eigenvalue weighted by Gasteiger charge is -2.34. The number of anilines is 1. The third-order valence-electron chi connectivity index (χ3n) is 3.50. The zero-order chi connectivity index (χ0) is 14.8. The summed E-state index contributed by atoms with van der Waals surface area (Å²) in [7, 11) is 1.55. The fourth-order valence-electron chi connectivity index (χ4n) is 2.21. The second kappa shape index (κ2) is 6.15. The number of halogens is 1. The van der Waals surface area contributed by atoms with Gasteiger partial charge in [-0.3, -0.25) is 4.79 Å². The van der Waals surface area contributed by atoms with E-state index >= 15 is 0 Å². The van der Waals surface area contributed by atoms with E-state index in [1.54, 1.807) is 13.3 Å². The van der Waals surface area contributed by atoms with Crippen molar-refractivity contribution in [1.29, 1.82) is 0 Å². The Kier molecular flexibility index (Phi) is 4.25. The molecule has 0 radical (unpaired) electrons. The highest BCUT2D eigenvalue weighted by atomic mass is 79.9. The Bertz CT molecular complexity index is 538. The maximum Gasteiger partial charge on any atom is 0.245 e. The number of ether oxygens (including phenoxy) is 2. The monoisotopic (exact) mass is 356 g/mol. The second-order valence-electron chi connectivity index (χ2n) is 5.09. The number of nitrogens with one attached hydrogen (secondary N) is 1. The fraction of sp³-hybridized carbons (Fsp3) is 0.615. The molecule has 1 aromatic heterocycles. The summed E-state index contributed by atoms with van der Waals surface area (Å²) in [5, 5.41) is 3.01. The zero-order valence-electron chi connectivity index (χ0n) is 11.7. The molecule has 0 bridgehead atoms. The molecule has 8 heteroatoms. The number of aromatic nitrogens is 2. The molecule has 1 saturated heterocycles. The van der Waals surface area contributed by atoms with Gasteiger partial charge in [-0.25, -0.2) is 4.98 Å². The lowest BCUT2D eigenvalue weighted by Crippen LogP contribution is -2.55. The maximum atomic E-state index is 12.3. The Balaban J connectivity index is 1.81. The van der Waals surface area contributed by atoms with E-state index in [0.29, 0.717) is 42.1 Å². The van der Waals surface area contributed by atoms with Crippen molar-refractivity contribution in [2.45, 2.75) is 24.9 Å². The van der Waals surface area contributed by atoms with E-state index < -0.39 is 6.04 Å². The van der Waals surface area contributed by atoms with Crippen molar-refractivity contribution in [1.82, 2.24) is 15.3 Å². The number of rotatable bonds is 4. The lowest BCUT2D eigenvalue weighted by atomic mass is 10.2. The normalized spacial score (nSPS) is 22.0. The molecular weight excluding hydrogens is 340 g/mol. The Labute approximate surface area is 131 Å². The summed E-state index contributed by atoms with van der Waals surface area (Å²) in [5.74, 6) is 0.907. The van der Waals surface area contributed by atoms with Crippen molar-refractivity contribution in [3.05, 3.63) is 10.7 Å². The molecule has 0 aromatic carbocycles. The standard InChI is InChI=1S/C13H17BrN4O3/c1-20-12-9(14)6-15-13(17-12)18-4-5-21-7-10(18)11(19)16-8-2-3-8/h6,8,10H,2-5,7H2,1H3,(H,16,19). The minimum atomic E-state index is -0.398. The Hall–Kier alpha value is -1.41. The third kappa shape index (κ3) is 3.26. The predicted molar refractivity (Wildman–Crippen MR) is 79.4 cm³/mol. The molecule has 1 aliphatic carbocycles. The highest BCUT2D eigenvalue weighted by Gasteiger charge is 2.34. The van der Waals surface area contributed by atoms with Crippen LogP contribution in [0.25, 0.3) is 0 Å². The molecule has 1 atom stereocenters. The molecule has 1 saturated carbocycles. The van der Waals surface area contributed by atoms with Crippen molar-refractivity contribution in [3.63, 3.8) is 0 Å². The van der Waals surface area contributed by atoms with E-state index in [2.05, 4.69) is 31.2 Å². The quantitative estimate of drug-likeness (QED) is 0.856. The van der Waals surface area contributed by atoms with E-state index in [0.717, 1.165) is 12.8 Å². The van der Waals surface area contributed by atoms with Crippen LogP contribution in [-0.2, 0) is 9.53 Å². The van der Waals surface area contributed by atoms with Crippen LogP contribution in [0.1, 0.15) is 12.8 Å². The van der Waals surface area contributed by atoms with Crippen LogP contribution in [0.15, 0.2) is 10.7 Å². The second-order valence-corrected chi connectivity index (χ2v) is 5.95. The van der Waals surface area contributed by atoms with Gasteiger partial charge in [0, 0.05) is 12.6 Å². The van der Waals surface area contributed by atoms with E-state index in [4.69, 9.17) is 9.47 Å². The molecule has 1 aliphatic heterocycles. The van der Waals surface area contributed by atoms with Gasteiger partial charge in [0.05, 0.1) is 31.0 Å². The topological polar surface area (TPSA) is 76.6 Å². The highest BCUT2D eigenvalue weighted by Crippen LogP contribution is 2.25. The molecular formula is C13H17BrN4O3. The first-order valence-electron chi connectivity index (χ1n) is 6.90. The average molecular weight is 357 g/mol. The number of morpholine rings is 1. The maximum absolute atomic E-state index is 12.3. The summed E-state index contributed by atoms with van der Waals surface area (Å²) in [5.41, 5.74) is 0. The SMILES string of the molecule is COc1nc(N2CCOCC2C(=O)NC2CC2)ncc1Br. The van der Waals surface area contributed by atoms with Crippen LogP contribution in [0.4, 0.5) is 5.95 Å². The van der Waals surface area contributed by atoms with Gasteiger partial charge < -0.3 is 19.7 Å². The van der Waals surface area contributed by atoms with Gasteiger partial charge in [0.15, 0.2) is 0 Å². The highest BCUT2D eigenvalue weighted by molar-refractivity contribution is 9.10. The van der Waals surface area contributed by atoms with Crippen LogP contribution in [-0.4, -0.2) is 54.8 Å². The fourth-order valence-corrected chi connectivity index (χ4v) is 2.56. The van der Waals surface area contributed by atoms with E-state index in [-0.39, 0.29) is 5.91 Å². The van der Waals surface area contributed by atoms with Crippen molar-refractivity contribution in [3.8, 4) is 5.88 Å². The number of methoxy groups -OCH3 is 1. The Morgan fingerprint density at radius 2 is 2.38 bits per heavy atom. The molecule has 7 nitrogen and oxygen atoms in total. The van der Waals surface area contributed by atoms with E-state index in [9.17, 15) is 4.79 Å². The molecule has 1 amide bonds. The average Bonchev–Trinajstić information content (AvgIpc) is 3.32. The van der Waals surface area contributed by atoms with Gasteiger partial charge in [-0.05, 0) is 28.8 Å². The van der Waals surface area contributed by atoms with E-state index in [1.807, 2.05) is 4.90 Å². The van der Waals surface area contributed by atoms with Crippen molar-refractivity contribution < 1.29 is 14.3 Å². The predicted octanol–water partition coefficient (Wildman–Crippen LogP) is 0.732. The van der Waals surface area contributed by atoms with Gasteiger partial charge in [-0.1, -0.05) is 0 Å². The van der Waals surface area contributed by atoms with Gasteiger partial charge >= 0.3 is 0 Å². The van der Waals surface area contributed by atoms with Crippen LogP contribution in [0.5, 0.6) is 5.88 Å². The number of carbonyl (C=O) groups is 1. The minimum Gasteiger partial charge on any atom is -0.480 e. The summed E-state index contributed by atoms with van der Waals surface area (Å²) >= 11 is 3.33. The first kappa shape index (κ1) is 14.5. The molecule has 21 heavy (non-hydrogen) atoms. The lowest BCUT2D eigenvalue weighted by molar-refractivity contribution is -0.124. The number of carbonyl (C=O) groups excluding carboxylic acids is 1. The molecule has 0 spiro atoms. The third-order valence-corrected chi connectivity index (χ3v) is 4.05. The number of nitrogens with zero attached hydrogens (tertiary/aromatic N) is 3. The number of hydrogen-bond donors (Lipinski definition) is 1. The Morgan fingerprint density at radius 3 is 3.10 bits per heavy atom. The molecule has 2 aliphatic rings. The molecule has 1 aromatic rings. The van der Waals surface area contributed by atoms with Crippen LogP contribution >= 0.6 is 15.9 Å². The van der Waals surface area contributed by atoms with Crippen LogP contribution < -0.4 is 15.0 Å². The first-order valence-corrected chi connectivity index (χ1v) is 7.69. The number of hydrogen-bond acceptors (Lipinski definition) is 6. The molecule has 1 N–H and O–H groups in total. The summed E-state index contributed by atoms with van der Waals surface area (Å²) in [6, 6.07) is -0.0770. The number of amides is 1. The summed E-state index contributed by atoms with van der Waals surface area (Å²) in [4.78, 5) is 22.8. The smallest absolute Gasteiger partial charge is 0.245 e. The van der Waals surface area contributed by atoms with E-state index in [1.165, 1.54) is 0 Å². The van der Waals surface area contributed by atoms with Crippen molar-refractivity contribution >= 4 is 27.8 Å². The summed E-state index contributed by atoms with van der Waals surface area (Å²) in [6.45, 7) is 1.47. The van der Waals surface area contributed by atoms with Crippen LogP contribution in [0.2, 0.25) is 0 Å². The summed E-state index contributed by atoms with van der Waals surface area (Å²) in [6.07, 6.45) is 3.75. The van der Waals surface area contributed by atoms with Gasteiger partial charge in [-0.2, -0.15) is 4.98 Å². The zero-order valence-corrected chi connectivity index (χ0v) is 13.3. The Morgan fingerprint density at radius 1 is 1.57 bits per heavy atom. The van der Waals surface area contributed by atoms with Crippen molar-refractivity contribution in [2.75, 3.05) is 31.8 Å². The molecule has 114 valence electrons. The van der Waals surface area contributed by atoms with Crippen molar-refractivity contribution in [2.24, 2.45) is 0 Å². The molecule has 1 unspecified atom stereocenters. The van der Waals surface area contributed by atoms with Gasteiger partial charge in [0.2, 0.25) is 17.7 Å². The largest absolute Gasteiger partial charge is 0.480 e. The van der Waals surface area contributed by atoms with Gasteiger partial charge in [0.25, 0.3) is 0 Å². The molecule has 2 fully saturated rings. The minimum absolute atomic E-state index is 0.0253. The van der Waals surface area contributed by atoms with Gasteiger partial charge in [0.1, 0.15) is 6.04 Å². The molecule has 3 rings (SSSR count). The summed E-state index contributed by atoms with van der Waals surface area (Å²) < 4.78 is 11.3. The van der Waals surface area contributed by atoms with Gasteiger partial charge in [-0.15, -0.1) is 0 Å².